The highest BCUT2D eigenvalue weighted by Crippen LogP contribution is 2.29. The number of piperazine rings is 1. The molecule has 0 saturated carbocycles. The van der Waals surface area contributed by atoms with Gasteiger partial charge < -0.3 is 24.8 Å². The summed E-state index contributed by atoms with van der Waals surface area (Å²) in [5.41, 5.74) is 1.61. The lowest BCUT2D eigenvalue weighted by atomic mass is 10.1. The van der Waals surface area contributed by atoms with Gasteiger partial charge in [0.05, 0.1) is 11.3 Å². The molecule has 0 aliphatic carbocycles. The molecule has 0 unspecified atom stereocenters. The summed E-state index contributed by atoms with van der Waals surface area (Å²) in [6.45, 7) is 1.89. The maximum atomic E-state index is 12.7. The van der Waals surface area contributed by atoms with Gasteiger partial charge in [-0.3, -0.25) is 14.4 Å². The van der Waals surface area contributed by atoms with Crippen LogP contribution in [0.1, 0.15) is 20.7 Å². The van der Waals surface area contributed by atoms with E-state index in [1.807, 2.05) is 0 Å². The second-order valence-corrected chi connectivity index (χ2v) is 6.23. The minimum atomic E-state index is -0.237. The third-order valence-electron chi connectivity index (χ3n) is 4.56. The van der Waals surface area contributed by atoms with Gasteiger partial charge in [0, 0.05) is 44.1 Å². The summed E-state index contributed by atoms with van der Waals surface area (Å²) < 4.78 is 5.31. The second kappa shape index (κ2) is 6.55. The summed E-state index contributed by atoms with van der Waals surface area (Å²) in [6.07, 6.45) is 3.38. The molecular formula is C18H18N4O4. The van der Waals surface area contributed by atoms with Crippen LogP contribution in [0, 0.1) is 0 Å². The van der Waals surface area contributed by atoms with E-state index in [0.717, 1.165) is 0 Å². The van der Waals surface area contributed by atoms with Gasteiger partial charge in [0.2, 0.25) is 0 Å². The summed E-state index contributed by atoms with van der Waals surface area (Å²) in [4.78, 5) is 42.9. The number of nitrogens with zero attached hydrogens (tertiary/aromatic N) is 2. The Morgan fingerprint density at radius 3 is 2.31 bits per heavy atom. The van der Waals surface area contributed by atoms with Crippen LogP contribution in [-0.2, 0) is 4.79 Å². The zero-order valence-corrected chi connectivity index (χ0v) is 14.0. The van der Waals surface area contributed by atoms with Gasteiger partial charge in [-0.25, -0.2) is 0 Å². The number of hydrogen-bond donors (Lipinski definition) is 2. The number of nitrogens with one attached hydrogen (secondary N) is 2. The van der Waals surface area contributed by atoms with E-state index in [9.17, 15) is 14.4 Å². The Morgan fingerprint density at radius 1 is 0.962 bits per heavy atom. The Bertz CT molecular complexity index is 854. The molecule has 8 heteroatoms. The number of anilines is 1. The topological polar surface area (TPSA) is 94.7 Å². The summed E-state index contributed by atoms with van der Waals surface area (Å²) in [7, 11) is 0. The molecule has 4 rings (SSSR count). The molecule has 3 heterocycles. The zero-order valence-electron chi connectivity index (χ0n) is 14.0. The second-order valence-electron chi connectivity index (χ2n) is 6.23. The number of benzene rings is 1. The highest BCUT2D eigenvalue weighted by atomic mass is 16.5. The van der Waals surface area contributed by atoms with Crippen LogP contribution < -0.4 is 10.1 Å². The van der Waals surface area contributed by atoms with Gasteiger partial charge in [-0.15, -0.1) is 0 Å². The summed E-state index contributed by atoms with van der Waals surface area (Å²) in [6, 6.07) is 6.75. The average Bonchev–Trinajstić information content (AvgIpc) is 3.21. The van der Waals surface area contributed by atoms with E-state index in [-0.39, 0.29) is 24.3 Å². The first kappa shape index (κ1) is 16.2. The van der Waals surface area contributed by atoms with Crippen LogP contribution in [0.25, 0.3) is 0 Å². The Balaban J connectivity index is 1.42. The van der Waals surface area contributed by atoms with E-state index in [1.54, 1.807) is 46.5 Å². The number of fused-ring (bicyclic) bond motifs is 1. The van der Waals surface area contributed by atoms with Gasteiger partial charge >= 0.3 is 0 Å². The molecule has 134 valence electrons. The predicted molar refractivity (Wildman–Crippen MR) is 93.2 cm³/mol. The van der Waals surface area contributed by atoms with Gasteiger partial charge in [-0.1, -0.05) is 0 Å². The van der Waals surface area contributed by atoms with Crippen molar-refractivity contribution in [2.24, 2.45) is 0 Å². The fraction of sp³-hybridized carbons (Fsp3) is 0.278. The number of H-pyrrole nitrogens is 1. The largest absolute Gasteiger partial charge is 0.482 e. The van der Waals surface area contributed by atoms with Crippen molar-refractivity contribution in [1.82, 2.24) is 14.8 Å². The zero-order chi connectivity index (χ0) is 18.1. The van der Waals surface area contributed by atoms with Crippen LogP contribution >= 0.6 is 0 Å². The van der Waals surface area contributed by atoms with E-state index >= 15 is 0 Å². The number of aromatic amines is 1. The maximum absolute atomic E-state index is 12.7. The van der Waals surface area contributed by atoms with Crippen LogP contribution in [0.3, 0.4) is 0 Å². The number of carbonyl (C=O) groups excluding carboxylic acids is 3. The third kappa shape index (κ3) is 3.01. The van der Waals surface area contributed by atoms with E-state index in [1.165, 1.54) is 0 Å². The van der Waals surface area contributed by atoms with Gasteiger partial charge in [0.15, 0.2) is 6.61 Å². The molecule has 1 aromatic carbocycles. The molecule has 0 atom stereocenters. The maximum Gasteiger partial charge on any atom is 0.262 e. The number of hydrogen-bond acceptors (Lipinski definition) is 4. The summed E-state index contributed by atoms with van der Waals surface area (Å²) >= 11 is 0. The molecule has 2 N–H and O–H groups in total. The Hall–Kier alpha value is -3.29. The minimum absolute atomic E-state index is 0.0164. The first-order chi connectivity index (χ1) is 12.6. The van der Waals surface area contributed by atoms with Crippen molar-refractivity contribution < 1.29 is 19.1 Å². The molecule has 2 aromatic rings. The molecule has 0 radical (unpaired) electrons. The van der Waals surface area contributed by atoms with Crippen LogP contribution in [0.15, 0.2) is 36.7 Å². The number of ether oxygens (including phenoxy) is 1. The molecule has 1 fully saturated rings. The lowest BCUT2D eigenvalue weighted by Crippen LogP contribution is -2.50. The molecule has 3 amide bonds. The van der Waals surface area contributed by atoms with Crippen molar-refractivity contribution in [3.63, 3.8) is 0 Å². The highest BCUT2D eigenvalue weighted by Gasteiger charge is 2.26. The average molecular weight is 354 g/mol. The summed E-state index contributed by atoms with van der Waals surface area (Å²) in [5, 5.41) is 2.71. The quantitative estimate of drug-likeness (QED) is 0.839. The molecule has 1 saturated heterocycles. The molecule has 0 spiro atoms. The Kier molecular flexibility index (Phi) is 4.08. The third-order valence-corrected chi connectivity index (χ3v) is 4.56. The number of carbonyl (C=O) groups is 3. The fourth-order valence-corrected chi connectivity index (χ4v) is 3.15. The van der Waals surface area contributed by atoms with E-state index in [0.29, 0.717) is 48.7 Å². The van der Waals surface area contributed by atoms with Crippen molar-refractivity contribution >= 4 is 23.4 Å². The highest BCUT2D eigenvalue weighted by molar-refractivity contribution is 6.00. The van der Waals surface area contributed by atoms with Gasteiger partial charge in [-0.05, 0) is 24.3 Å². The normalized spacial score (nSPS) is 16.5. The lowest BCUT2D eigenvalue weighted by molar-refractivity contribution is -0.118. The van der Waals surface area contributed by atoms with Gasteiger partial charge in [0.1, 0.15) is 5.75 Å². The Morgan fingerprint density at radius 2 is 1.65 bits per heavy atom. The number of rotatable bonds is 2. The van der Waals surface area contributed by atoms with Crippen LogP contribution in [-0.4, -0.2) is 65.3 Å². The molecule has 2 aliphatic rings. The van der Waals surface area contributed by atoms with Crippen LogP contribution in [0.2, 0.25) is 0 Å². The predicted octanol–water partition coefficient (Wildman–Crippen LogP) is 0.944. The molecule has 1 aromatic heterocycles. The smallest absolute Gasteiger partial charge is 0.262 e. The van der Waals surface area contributed by atoms with Crippen molar-refractivity contribution in [1.29, 1.82) is 0 Å². The van der Waals surface area contributed by atoms with Crippen LogP contribution in [0.5, 0.6) is 5.75 Å². The van der Waals surface area contributed by atoms with Crippen molar-refractivity contribution in [2.75, 3.05) is 38.1 Å². The van der Waals surface area contributed by atoms with Crippen molar-refractivity contribution in [3.05, 3.63) is 47.8 Å². The van der Waals surface area contributed by atoms with Crippen LogP contribution in [0.4, 0.5) is 5.69 Å². The standard InChI is InChI=1S/C18H18N4O4/c23-16-11-26-15-2-1-12(9-14(15)20-16)17(24)21-5-7-22(8-6-21)18(25)13-3-4-19-10-13/h1-4,9-10,19H,5-8,11H2,(H,20,23). The lowest BCUT2D eigenvalue weighted by Gasteiger charge is -2.34. The SMILES string of the molecule is O=C1COc2ccc(C(=O)N3CCN(C(=O)c4cc[nH]c4)CC3)cc2N1. The fourth-order valence-electron chi connectivity index (χ4n) is 3.15. The molecule has 0 bridgehead atoms. The van der Waals surface area contributed by atoms with Gasteiger partial charge in [-0.2, -0.15) is 0 Å². The number of amides is 3. The van der Waals surface area contributed by atoms with Gasteiger partial charge in [0.25, 0.3) is 17.7 Å². The minimum Gasteiger partial charge on any atom is -0.482 e. The van der Waals surface area contributed by atoms with E-state index in [2.05, 4.69) is 10.3 Å². The van der Waals surface area contributed by atoms with Crippen molar-refractivity contribution in [3.8, 4) is 5.75 Å². The molecular weight excluding hydrogens is 336 g/mol. The molecule has 2 aliphatic heterocycles. The first-order valence-electron chi connectivity index (χ1n) is 8.40. The van der Waals surface area contributed by atoms with E-state index < -0.39 is 0 Å². The summed E-state index contributed by atoms with van der Waals surface area (Å²) in [5.74, 6) is 0.162. The van der Waals surface area contributed by atoms with Crippen molar-refractivity contribution in [2.45, 2.75) is 0 Å². The number of aromatic nitrogens is 1. The molecule has 26 heavy (non-hydrogen) atoms. The Labute approximate surface area is 149 Å². The molecule has 8 nitrogen and oxygen atoms in total. The van der Waals surface area contributed by atoms with E-state index in [4.69, 9.17) is 4.74 Å². The monoisotopic (exact) mass is 354 g/mol. The first-order valence-corrected chi connectivity index (χ1v) is 8.40.